The maximum absolute atomic E-state index is 9.40. The zero-order chi connectivity index (χ0) is 14.0. The van der Waals surface area contributed by atoms with Gasteiger partial charge in [-0.05, 0) is 44.8 Å². The normalized spacial score (nSPS) is 14.3. The van der Waals surface area contributed by atoms with Crippen molar-refractivity contribution in [3.8, 4) is 11.8 Å². The highest BCUT2D eigenvalue weighted by atomic mass is 16.5. The molecule has 0 fully saturated rings. The molecule has 0 amide bonds. The number of aromatic nitrogens is 1. The van der Waals surface area contributed by atoms with E-state index in [2.05, 4.69) is 11.1 Å². The number of aromatic amines is 1. The first-order chi connectivity index (χ1) is 9.00. The van der Waals surface area contributed by atoms with Gasteiger partial charge in [0.1, 0.15) is 11.3 Å². The third kappa shape index (κ3) is 2.42. The summed E-state index contributed by atoms with van der Waals surface area (Å²) in [4.78, 5) is 5.19. The first-order valence-corrected chi connectivity index (χ1v) is 6.23. The molecule has 0 aliphatic rings. The molecule has 0 radical (unpaired) electrons. The molecule has 0 spiro atoms. The fourth-order valence-corrected chi connectivity index (χ4v) is 2.10. The van der Waals surface area contributed by atoms with E-state index in [0.717, 1.165) is 22.2 Å². The minimum Gasteiger partial charge on any atom is -0.497 e. The summed E-state index contributed by atoms with van der Waals surface area (Å²) < 4.78 is 5.26. The zero-order valence-electron chi connectivity index (χ0n) is 11.8. The summed E-state index contributed by atoms with van der Waals surface area (Å²) in [5, 5.41) is 10.5. The van der Waals surface area contributed by atoms with Crippen LogP contribution >= 0.6 is 0 Å². The number of nitrogens with one attached hydrogen (secondary N) is 1. The molecule has 19 heavy (non-hydrogen) atoms. The molecule has 2 aromatic rings. The molecule has 1 heterocycles. The quantitative estimate of drug-likeness (QED) is 0.915. The van der Waals surface area contributed by atoms with Gasteiger partial charge in [-0.2, -0.15) is 5.26 Å². The van der Waals surface area contributed by atoms with Crippen molar-refractivity contribution < 1.29 is 4.74 Å². The highest BCUT2D eigenvalue weighted by molar-refractivity contribution is 5.84. The standard InChI is InChI=1S/C15H19N3O/c1-15(10-16,18(2)3)8-11-9-17-14-6-5-12(19-4)7-13(11)14/h5-7,9,17H,8H2,1-4H3. The van der Waals surface area contributed by atoms with Gasteiger partial charge in [0.15, 0.2) is 0 Å². The van der Waals surface area contributed by atoms with E-state index in [1.54, 1.807) is 7.11 Å². The molecular weight excluding hydrogens is 238 g/mol. The Balaban J connectivity index is 2.43. The Bertz CT molecular complexity index is 624. The van der Waals surface area contributed by atoms with Crippen LogP contribution in [0.1, 0.15) is 12.5 Å². The molecule has 0 bridgehead atoms. The van der Waals surface area contributed by atoms with Gasteiger partial charge in [0.2, 0.25) is 0 Å². The second-order valence-electron chi connectivity index (χ2n) is 5.18. The number of benzene rings is 1. The predicted octanol–water partition coefficient (Wildman–Crippen LogP) is 2.56. The molecule has 4 nitrogen and oxygen atoms in total. The number of fused-ring (bicyclic) bond motifs is 1. The predicted molar refractivity (Wildman–Crippen MR) is 76.3 cm³/mol. The molecule has 1 N–H and O–H groups in total. The van der Waals surface area contributed by atoms with Crippen LogP contribution in [0, 0.1) is 11.3 Å². The summed E-state index contributed by atoms with van der Waals surface area (Å²) in [6.45, 7) is 1.95. The van der Waals surface area contributed by atoms with Crippen molar-refractivity contribution in [2.75, 3.05) is 21.2 Å². The monoisotopic (exact) mass is 257 g/mol. The van der Waals surface area contributed by atoms with Crippen LogP contribution in [0.25, 0.3) is 10.9 Å². The lowest BCUT2D eigenvalue weighted by Gasteiger charge is -2.29. The number of nitrogens with zero attached hydrogens (tertiary/aromatic N) is 2. The average Bonchev–Trinajstić information content (AvgIpc) is 2.80. The second-order valence-corrected chi connectivity index (χ2v) is 5.18. The number of likely N-dealkylation sites (N-methyl/N-ethyl adjacent to an activating group) is 1. The van der Waals surface area contributed by atoms with Gasteiger partial charge in [0, 0.05) is 23.5 Å². The molecule has 2 rings (SSSR count). The summed E-state index contributed by atoms with van der Waals surface area (Å²) >= 11 is 0. The molecule has 1 aromatic heterocycles. The van der Waals surface area contributed by atoms with Gasteiger partial charge in [-0.25, -0.2) is 0 Å². The molecule has 0 saturated heterocycles. The Hall–Kier alpha value is -1.99. The Morgan fingerprint density at radius 3 is 2.74 bits per heavy atom. The molecule has 1 aromatic carbocycles. The van der Waals surface area contributed by atoms with Crippen LogP contribution in [0.2, 0.25) is 0 Å². The van der Waals surface area contributed by atoms with E-state index in [9.17, 15) is 5.26 Å². The van der Waals surface area contributed by atoms with Gasteiger partial charge < -0.3 is 9.72 Å². The number of rotatable bonds is 4. The van der Waals surface area contributed by atoms with E-state index in [-0.39, 0.29) is 0 Å². The fourth-order valence-electron chi connectivity index (χ4n) is 2.10. The first kappa shape index (κ1) is 13.4. The lowest BCUT2D eigenvalue weighted by Crippen LogP contribution is -2.41. The third-order valence-electron chi connectivity index (χ3n) is 3.74. The van der Waals surface area contributed by atoms with E-state index in [4.69, 9.17) is 4.74 Å². The minimum absolute atomic E-state index is 0.516. The van der Waals surface area contributed by atoms with E-state index in [1.165, 1.54) is 0 Å². The molecule has 100 valence electrons. The van der Waals surface area contributed by atoms with Crippen molar-refractivity contribution in [3.63, 3.8) is 0 Å². The number of hydrogen-bond acceptors (Lipinski definition) is 3. The van der Waals surface area contributed by atoms with Crippen LogP contribution in [-0.4, -0.2) is 36.6 Å². The van der Waals surface area contributed by atoms with Crippen LogP contribution in [-0.2, 0) is 6.42 Å². The molecule has 0 saturated carbocycles. The van der Waals surface area contributed by atoms with E-state index < -0.39 is 5.54 Å². The number of hydrogen-bond donors (Lipinski definition) is 1. The maximum atomic E-state index is 9.40. The number of ether oxygens (including phenoxy) is 1. The molecular formula is C15H19N3O. The van der Waals surface area contributed by atoms with Gasteiger partial charge in [-0.15, -0.1) is 0 Å². The highest BCUT2D eigenvalue weighted by Gasteiger charge is 2.28. The Kier molecular flexibility index (Phi) is 3.50. The largest absolute Gasteiger partial charge is 0.497 e. The second kappa shape index (κ2) is 4.94. The Morgan fingerprint density at radius 2 is 2.16 bits per heavy atom. The Labute approximate surface area is 113 Å². The number of methoxy groups -OCH3 is 1. The lowest BCUT2D eigenvalue weighted by molar-refractivity contribution is 0.237. The van der Waals surface area contributed by atoms with Crippen molar-refractivity contribution in [1.29, 1.82) is 5.26 Å². The van der Waals surface area contributed by atoms with Gasteiger partial charge >= 0.3 is 0 Å². The molecule has 1 unspecified atom stereocenters. The zero-order valence-corrected chi connectivity index (χ0v) is 11.8. The van der Waals surface area contributed by atoms with Gasteiger partial charge in [0.25, 0.3) is 0 Å². The topological polar surface area (TPSA) is 52.1 Å². The molecule has 0 aliphatic heterocycles. The van der Waals surface area contributed by atoms with Crippen molar-refractivity contribution in [3.05, 3.63) is 30.0 Å². The van der Waals surface area contributed by atoms with E-state index >= 15 is 0 Å². The summed E-state index contributed by atoms with van der Waals surface area (Å²) in [5.41, 5.74) is 1.68. The maximum Gasteiger partial charge on any atom is 0.119 e. The van der Waals surface area contributed by atoms with Gasteiger partial charge in [0.05, 0.1) is 13.2 Å². The Morgan fingerprint density at radius 1 is 1.42 bits per heavy atom. The van der Waals surface area contributed by atoms with E-state index in [0.29, 0.717) is 6.42 Å². The van der Waals surface area contributed by atoms with Crippen molar-refractivity contribution in [1.82, 2.24) is 9.88 Å². The molecule has 1 atom stereocenters. The van der Waals surface area contributed by atoms with Crippen LogP contribution in [0.3, 0.4) is 0 Å². The summed E-state index contributed by atoms with van der Waals surface area (Å²) in [6.07, 6.45) is 2.65. The SMILES string of the molecule is COc1ccc2[nH]cc(CC(C)(C#N)N(C)C)c2c1. The van der Waals surface area contributed by atoms with E-state index in [1.807, 2.05) is 50.3 Å². The lowest BCUT2D eigenvalue weighted by atomic mass is 9.93. The van der Waals surface area contributed by atoms with Gasteiger partial charge in [-0.3, -0.25) is 4.90 Å². The highest BCUT2D eigenvalue weighted by Crippen LogP contribution is 2.27. The van der Waals surface area contributed by atoms with Crippen LogP contribution in [0.15, 0.2) is 24.4 Å². The number of H-pyrrole nitrogens is 1. The van der Waals surface area contributed by atoms with Crippen molar-refractivity contribution in [2.45, 2.75) is 18.9 Å². The smallest absolute Gasteiger partial charge is 0.119 e. The van der Waals surface area contributed by atoms with Crippen LogP contribution in [0.5, 0.6) is 5.75 Å². The van der Waals surface area contributed by atoms with Gasteiger partial charge in [-0.1, -0.05) is 0 Å². The summed E-state index contributed by atoms with van der Waals surface area (Å²) in [7, 11) is 5.52. The number of nitriles is 1. The molecule has 4 heteroatoms. The van der Waals surface area contributed by atoms with Crippen molar-refractivity contribution in [2.24, 2.45) is 0 Å². The van der Waals surface area contributed by atoms with Crippen LogP contribution < -0.4 is 4.74 Å². The summed E-state index contributed by atoms with van der Waals surface area (Å²) in [5.74, 6) is 0.830. The summed E-state index contributed by atoms with van der Waals surface area (Å²) in [6, 6.07) is 8.32. The minimum atomic E-state index is -0.516. The van der Waals surface area contributed by atoms with Crippen LogP contribution in [0.4, 0.5) is 0 Å². The average molecular weight is 257 g/mol. The third-order valence-corrected chi connectivity index (χ3v) is 3.74. The fraction of sp³-hybridized carbons (Fsp3) is 0.400. The molecule has 0 aliphatic carbocycles. The van der Waals surface area contributed by atoms with Crippen molar-refractivity contribution >= 4 is 10.9 Å². The first-order valence-electron chi connectivity index (χ1n) is 6.23.